The number of carbonyl (C=O) groups excluding carboxylic acids is 1. The Bertz CT molecular complexity index is 463. The van der Waals surface area contributed by atoms with E-state index in [9.17, 15) is 4.79 Å². The summed E-state index contributed by atoms with van der Waals surface area (Å²) in [5, 5.41) is 7.32. The number of aryl methyl sites for hydroxylation is 2. The van der Waals surface area contributed by atoms with Crippen LogP contribution in [0.2, 0.25) is 0 Å². The zero-order valence-corrected chi connectivity index (χ0v) is 14.5. The summed E-state index contributed by atoms with van der Waals surface area (Å²) >= 11 is 0. The maximum Gasteiger partial charge on any atom is 0.225 e. The molecule has 22 heavy (non-hydrogen) atoms. The molecule has 5 nitrogen and oxygen atoms in total. The highest BCUT2D eigenvalue weighted by atomic mass is 16.2. The molecule has 0 unspecified atom stereocenters. The Balaban J connectivity index is 1.95. The van der Waals surface area contributed by atoms with Crippen molar-refractivity contribution >= 4 is 11.6 Å². The maximum absolute atomic E-state index is 12.7. The van der Waals surface area contributed by atoms with Crippen molar-refractivity contribution in [2.75, 3.05) is 31.1 Å². The first-order chi connectivity index (χ1) is 10.6. The van der Waals surface area contributed by atoms with Crippen molar-refractivity contribution in [2.45, 2.75) is 53.4 Å². The molecule has 2 heterocycles. The van der Waals surface area contributed by atoms with E-state index in [-0.39, 0.29) is 5.92 Å². The molecule has 1 aliphatic rings. The number of amides is 1. The van der Waals surface area contributed by atoms with Gasteiger partial charge in [-0.15, -0.1) is 0 Å². The molecule has 0 atom stereocenters. The van der Waals surface area contributed by atoms with Gasteiger partial charge in [-0.1, -0.05) is 26.7 Å². The second kappa shape index (κ2) is 7.65. The fourth-order valence-electron chi connectivity index (χ4n) is 3.51. The lowest BCUT2D eigenvalue weighted by Crippen LogP contribution is -2.50. The lowest BCUT2D eigenvalue weighted by atomic mass is 9.96. The van der Waals surface area contributed by atoms with Crippen molar-refractivity contribution < 1.29 is 4.79 Å². The fraction of sp³-hybridized carbons (Fsp3) is 0.765. The van der Waals surface area contributed by atoms with Crippen LogP contribution < -0.4 is 4.90 Å². The first kappa shape index (κ1) is 16.8. The van der Waals surface area contributed by atoms with Gasteiger partial charge in [0.25, 0.3) is 0 Å². The highest BCUT2D eigenvalue weighted by molar-refractivity contribution is 5.79. The van der Waals surface area contributed by atoms with E-state index in [1.807, 2.05) is 6.92 Å². The zero-order chi connectivity index (χ0) is 16.1. The largest absolute Gasteiger partial charge is 0.365 e. The van der Waals surface area contributed by atoms with Crippen molar-refractivity contribution in [2.24, 2.45) is 5.92 Å². The highest BCUT2D eigenvalue weighted by Crippen LogP contribution is 2.24. The van der Waals surface area contributed by atoms with Gasteiger partial charge in [-0.3, -0.25) is 9.89 Å². The molecule has 1 amide bonds. The molecule has 0 radical (unpaired) electrons. The SMILES string of the molecule is CCCC(CCC)C(=O)N1CCN(c2c(C)n[nH]c2C)CC1. The van der Waals surface area contributed by atoms with Gasteiger partial charge in [0.1, 0.15) is 0 Å². The van der Waals surface area contributed by atoms with E-state index in [1.165, 1.54) is 5.69 Å². The molecule has 1 N–H and O–H groups in total. The quantitative estimate of drug-likeness (QED) is 0.879. The van der Waals surface area contributed by atoms with E-state index in [0.717, 1.165) is 63.3 Å². The second-order valence-corrected chi connectivity index (χ2v) is 6.37. The van der Waals surface area contributed by atoms with E-state index >= 15 is 0 Å². The third-order valence-corrected chi connectivity index (χ3v) is 4.62. The molecule has 5 heteroatoms. The Morgan fingerprint density at radius 3 is 2.18 bits per heavy atom. The molecule has 0 spiro atoms. The Hall–Kier alpha value is -1.52. The number of carbonyl (C=O) groups is 1. The molecule has 1 saturated heterocycles. The van der Waals surface area contributed by atoms with Gasteiger partial charge in [0, 0.05) is 32.1 Å². The number of nitrogens with one attached hydrogen (secondary N) is 1. The Morgan fingerprint density at radius 1 is 1.14 bits per heavy atom. The fourth-order valence-corrected chi connectivity index (χ4v) is 3.51. The average molecular weight is 306 g/mol. The number of nitrogens with zero attached hydrogens (tertiary/aromatic N) is 3. The number of hydrogen-bond acceptors (Lipinski definition) is 3. The molecule has 0 saturated carbocycles. The van der Waals surface area contributed by atoms with Crippen LogP contribution in [0.1, 0.15) is 50.9 Å². The summed E-state index contributed by atoms with van der Waals surface area (Å²) in [5.41, 5.74) is 3.38. The minimum atomic E-state index is 0.221. The van der Waals surface area contributed by atoms with Crippen LogP contribution in [-0.4, -0.2) is 47.2 Å². The molecule has 0 aromatic carbocycles. The van der Waals surface area contributed by atoms with Gasteiger partial charge in [0.05, 0.1) is 17.1 Å². The summed E-state index contributed by atoms with van der Waals surface area (Å²) in [4.78, 5) is 17.1. The molecular formula is C17H30N4O. The number of H-pyrrole nitrogens is 1. The van der Waals surface area contributed by atoms with Gasteiger partial charge in [-0.25, -0.2) is 0 Å². The lowest BCUT2D eigenvalue weighted by Gasteiger charge is -2.37. The van der Waals surface area contributed by atoms with E-state index < -0.39 is 0 Å². The van der Waals surface area contributed by atoms with Crippen LogP contribution in [0.25, 0.3) is 0 Å². The number of aromatic amines is 1. The van der Waals surface area contributed by atoms with E-state index in [0.29, 0.717) is 5.91 Å². The normalized spacial score (nSPS) is 15.7. The summed E-state index contributed by atoms with van der Waals surface area (Å²) < 4.78 is 0. The van der Waals surface area contributed by atoms with Crippen molar-refractivity contribution in [3.63, 3.8) is 0 Å². The molecule has 1 aromatic rings. The van der Waals surface area contributed by atoms with E-state index in [2.05, 4.69) is 40.8 Å². The molecule has 0 aliphatic carbocycles. The van der Waals surface area contributed by atoms with Gasteiger partial charge in [0.15, 0.2) is 0 Å². The van der Waals surface area contributed by atoms with Crippen molar-refractivity contribution in [3.8, 4) is 0 Å². The van der Waals surface area contributed by atoms with Gasteiger partial charge in [0.2, 0.25) is 5.91 Å². The number of anilines is 1. The van der Waals surface area contributed by atoms with Crippen LogP contribution in [0.4, 0.5) is 5.69 Å². The summed E-state index contributed by atoms with van der Waals surface area (Å²) in [6.07, 6.45) is 4.22. The maximum atomic E-state index is 12.7. The summed E-state index contributed by atoms with van der Waals surface area (Å²) in [6, 6.07) is 0. The second-order valence-electron chi connectivity index (χ2n) is 6.37. The van der Waals surface area contributed by atoms with E-state index in [4.69, 9.17) is 0 Å². The molecular weight excluding hydrogens is 276 g/mol. The van der Waals surface area contributed by atoms with Gasteiger partial charge < -0.3 is 9.80 Å². The first-order valence-corrected chi connectivity index (χ1v) is 8.63. The summed E-state index contributed by atoms with van der Waals surface area (Å²) in [5.74, 6) is 0.586. The predicted molar refractivity (Wildman–Crippen MR) is 90.2 cm³/mol. The Kier molecular flexibility index (Phi) is 5.86. The standard InChI is InChI=1S/C17H30N4O/c1-5-7-15(8-6-2)17(22)21-11-9-20(10-12-21)16-13(3)18-19-14(16)4/h15H,5-12H2,1-4H3,(H,18,19). The predicted octanol–water partition coefficient (Wildman–Crippen LogP) is 2.89. The molecule has 1 aliphatic heterocycles. The van der Waals surface area contributed by atoms with Gasteiger partial charge in [-0.2, -0.15) is 5.10 Å². The molecule has 124 valence electrons. The van der Waals surface area contributed by atoms with Crippen molar-refractivity contribution in [1.29, 1.82) is 0 Å². The minimum absolute atomic E-state index is 0.221. The average Bonchev–Trinajstić information content (AvgIpc) is 2.85. The van der Waals surface area contributed by atoms with E-state index in [1.54, 1.807) is 0 Å². The number of aromatic nitrogens is 2. The van der Waals surface area contributed by atoms with Crippen LogP contribution in [0.3, 0.4) is 0 Å². The van der Waals surface area contributed by atoms with Crippen LogP contribution in [0.15, 0.2) is 0 Å². The Morgan fingerprint density at radius 2 is 1.73 bits per heavy atom. The summed E-state index contributed by atoms with van der Waals surface area (Å²) in [6.45, 7) is 11.9. The first-order valence-electron chi connectivity index (χ1n) is 8.63. The molecule has 1 fully saturated rings. The smallest absolute Gasteiger partial charge is 0.225 e. The third kappa shape index (κ3) is 3.62. The molecule has 2 rings (SSSR count). The van der Waals surface area contributed by atoms with Crippen molar-refractivity contribution in [1.82, 2.24) is 15.1 Å². The zero-order valence-electron chi connectivity index (χ0n) is 14.5. The number of piperazine rings is 1. The summed E-state index contributed by atoms with van der Waals surface area (Å²) in [7, 11) is 0. The van der Waals surface area contributed by atoms with Crippen LogP contribution in [0, 0.1) is 19.8 Å². The van der Waals surface area contributed by atoms with Crippen molar-refractivity contribution in [3.05, 3.63) is 11.4 Å². The van der Waals surface area contributed by atoms with Crippen LogP contribution in [0.5, 0.6) is 0 Å². The minimum Gasteiger partial charge on any atom is -0.365 e. The van der Waals surface area contributed by atoms with Gasteiger partial charge >= 0.3 is 0 Å². The Labute approximate surface area is 134 Å². The van der Waals surface area contributed by atoms with Crippen LogP contribution in [-0.2, 0) is 4.79 Å². The topological polar surface area (TPSA) is 52.2 Å². The molecule has 0 bridgehead atoms. The monoisotopic (exact) mass is 306 g/mol. The van der Waals surface area contributed by atoms with Gasteiger partial charge in [-0.05, 0) is 26.7 Å². The highest BCUT2D eigenvalue weighted by Gasteiger charge is 2.27. The number of hydrogen-bond donors (Lipinski definition) is 1. The molecule has 1 aromatic heterocycles. The lowest BCUT2D eigenvalue weighted by molar-refractivity contribution is -0.136. The third-order valence-electron chi connectivity index (χ3n) is 4.62. The number of rotatable bonds is 6. The van der Waals surface area contributed by atoms with Crippen LogP contribution >= 0.6 is 0 Å².